The molecule has 0 amide bonds. The molecule has 1 aliphatic carbocycles. The molecule has 1 unspecified atom stereocenters. The SMILES string of the molecule is O=S(=O)(OC1=CC(c2ccccc2)CC1)C(F)(F)F. The van der Waals surface area contributed by atoms with E-state index in [-0.39, 0.29) is 18.1 Å². The fraction of sp³-hybridized carbons (Fsp3) is 0.333. The fourth-order valence-electron chi connectivity index (χ4n) is 1.91. The zero-order valence-corrected chi connectivity index (χ0v) is 10.5. The zero-order valence-electron chi connectivity index (χ0n) is 9.72. The molecule has 0 N–H and O–H groups in total. The van der Waals surface area contributed by atoms with Crippen LogP contribution in [0.1, 0.15) is 24.3 Å². The maximum absolute atomic E-state index is 12.2. The Kier molecular flexibility index (Phi) is 3.58. The van der Waals surface area contributed by atoms with E-state index in [0.29, 0.717) is 6.42 Å². The Balaban J connectivity index is 2.13. The summed E-state index contributed by atoms with van der Waals surface area (Å²) in [4.78, 5) is 0. The molecule has 1 atom stereocenters. The molecule has 0 saturated carbocycles. The number of halogens is 3. The lowest BCUT2D eigenvalue weighted by molar-refractivity contribution is -0.0522. The Morgan fingerprint density at radius 2 is 1.79 bits per heavy atom. The highest BCUT2D eigenvalue weighted by molar-refractivity contribution is 7.87. The molecule has 0 aliphatic heterocycles. The molecule has 0 aromatic heterocycles. The molecule has 0 bridgehead atoms. The molecule has 1 aromatic rings. The third-order valence-corrected chi connectivity index (χ3v) is 3.82. The predicted octanol–water partition coefficient (Wildman–Crippen LogP) is 3.31. The first-order valence-electron chi connectivity index (χ1n) is 5.56. The van der Waals surface area contributed by atoms with Crippen LogP contribution in [0.2, 0.25) is 0 Å². The van der Waals surface area contributed by atoms with E-state index < -0.39 is 15.6 Å². The van der Waals surface area contributed by atoms with E-state index in [0.717, 1.165) is 5.56 Å². The van der Waals surface area contributed by atoms with E-state index in [1.165, 1.54) is 6.08 Å². The minimum Gasteiger partial charge on any atom is -0.381 e. The third-order valence-electron chi connectivity index (χ3n) is 2.82. The first-order valence-corrected chi connectivity index (χ1v) is 6.97. The van der Waals surface area contributed by atoms with Gasteiger partial charge < -0.3 is 4.18 Å². The maximum Gasteiger partial charge on any atom is 0.534 e. The average Bonchev–Trinajstić information content (AvgIpc) is 2.76. The predicted molar refractivity (Wildman–Crippen MR) is 62.6 cm³/mol. The van der Waals surface area contributed by atoms with Crippen molar-refractivity contribution in [3.8, 4) is 0 Å². The van der Waals surface area contributed by atoms with E-state index in [1.54, 1.807) is 0 Å². The molecule has 0 spiro atoms. The number of hydrogen-bond donors (Lipinski definition) is 0. The number of allylic oxidation sites excluding steroid dienone is 2. The van der Waals surface area contributed by atoms with Crippen LogP contribution < -0.4 is 0 Å². The molecule has 7 heteroatoms. The van der Waals surface area contributed by atoms with Crippen LogP contribution in [0.5, 0.6) is 0 Å². The Bertz CT molecular complexity index is 576. The van der Waals surface area contributed by atoms with Gasteiger partial charge in [0.05, 0.1) is 0 Å². The highest BCUT2D eigenvalue weighted by Crippen LogP contribution is 2.36. The van der Waals surface area contributed by atoms with Crippen molar-refractivity contribution in [2.24, 2.45) is 0 Å². The van der Waals surface area contributed by atoms with Crippen molar-refractivity contribution in [2.75, 3.05) is 0 Å². The van der Waals surface area contributed by atoms with Gasteiger partial charge in [-0.05, 0) is 18.1 Å². The summed E-state index contributed by atoms with van der Waals surface area (Å²) < 4.78 is 62.3. The lowest BCUT2D eigenvalue weighted by Gasteiger charge is -2.09. The van der Waals surface area contributed by atoms with Crippen LogP contribution in [0, 0.1) is 0 Å². The van der Waals surface area contributed by atoms with Crippen molar-refractivity contribution in [2.45, 2.75) is 24.3 Å². The summed E-state index contributed by atoms with van der Waals surface area (Å²) in [5, 5.41) is 0. The summed E-state index contributed by atoms with van der Waals surface area (Å²) in [7, 11) is -5.56. The minimum atomic E-state index is -5.56. The molecule has 0 fully saturated rings. The highest BCUT2D eigenvalue weighted by Gasteiger charge is 2.49. The van der Waals surface area contributed by atoms with Crippen LogP contribution in [0.25, 0.3) is 0 Å². The van der Waals surface area contributed by atoms with E-state index in [4.69, 9.17) is 0 Å². The van der Waals surface area contributed by atoms with E-state index >= 15 is 0 Å². The molecule has 0 saturated heterocycles. The third kappa shape index (κ3) is 3.09. The lowest BCUT2D eigenvalue weighted by Crippen LogP contribution is -2.25. The molecule has 0 heterocycles. The Hall–Kier alpha value is -1.50. The maximum atomic E-state index is 12.2. The summed E-state index contributed by atoms with van der Waals surface area (Å²) in [6.45, 7) is 0. The van der Waals surface area contributed by atoms with Crippen molar-refractivity contribution in [3.63, 3.8) is 0 Å². The summed E-state index contributed by atoms with van der Waals surface area (Å²) in [5.74, 6) is -0.259. The number of hydrogen-bond acceptors (Lipinski definition) is 3. The van der Waals surface area contributed by atoms with Gasteiger partial charge in [-0.2, -0.15) is 21.6 Å². The molecule has 2 rings (SSSR count). The van der Waals surface area contributed by atoms with Gasteiger partial charge in [0, 0.05) is 12.3 Å². The zero-order chi connectivity index (χ0) is 14.1. The van der Waals surface area contributed by atoms with Crippen LogP contribution >= 0.6 is 0 Å². The average molecular weight is 292 g/mol. The minimum absolute atomic E-state index is 0.111. The van der Waals surface area contributed by atoms with Gasteiger partial charge in [-0.15, -0.1) is 0 Å². The standard InChI is InChI=1S/C12H11F3O3S/c13-12(14,15)19(16,17)18-11-7-6-10(8-11)9-4-2-1-3-5-9/h1-5,8,10H,6-7H2. The molecule has 1 aliphatic rings. The Labute approximate surface area is 108 Å². The van der Waals surface area contributed by atoms with Crippen molar-refractivity contribution in [1.82, 2.24) is 0 Å². The van der Waals surface area contributed by atoms with Crippen LogP contribution in [0.3, 0.4) is 0 Å². The summed E-state index contributed by atoms with van der Waals surface area (Å²) in [6, 6.07) is 9.13. The van der Waals surface area contributed by atoms with Crippen LogP contribution in [0.15, 0.2) is 42.2 Å². The van der Waals surface area contributed by atoms with Gasteiger partial charge in [-0.25, -0.2) is 0 Å². The lowest BCUT2D eigenvalue weighted by atomic mass is 9.99. The second-order valence-electron chi connectivity index (χ2n) is 4.17. The first-order chi connectivity index (χ1) is 8.79. The van der Waals surface area contributed by atoms with Gasteiger partial charge in [0.2, 0.25) is 0 Å². The highest BCUT2D eigenvalue weighted by atomic mass is 32.2. The number of benzene rings is 1. The van der Waals surface area contributed by atoms with Crippen LogP contribution in [-0.2, 0) is 14.3 Å². The van der Waals surface area contributed by atoms with E-state index in [1.807, 2.05) is 30.3 Å². The van der Waals surface area contributed by atoms with Crippen molar-refractivity contribution < 1.29 is 25.8 Å². The molecule has 104 valence electrons. The first kappa shape index (κ1) is 13.9. The molecular formula is C12H11F3O3S. The van der Waals surface area contributed by atoms with Crippen LogP contribution in [-0.4, -0.2) is 13.9 Å². The van der Waals surface area contributed by atoms with Gasteiger partial charge in [-0.3, -0.25) is 0 Å². The normalized spacial score (nSPS) is 20.2. The quantitative estimate of drug-likeness (QED) is 0.634. The molecule has 0 radical (unpaired) electrons. The van der Waals surface area contributed by atoms with E-state index in [9.17, 15) is 21.6 Å². The molecule has 19 heavy (non-hydrogen) atoms. The molecular weight excluding hydrogens is 281 g/mol. The van der Waals surface area contributed by atoms with Gasteiger partial charge in [-0.1, -0.05) is 30.3 Å². The second-order valence-corrected chi connectivity index (χ2v) is 5.71. The van der Waals surface area contributed by atoms with Gasteiger partial charge in [0.1, 0.15) is 5.76 Å². The van der Waals surface area contributed by atoms with Crippen LogP contribution in [0.4, 0.5) is 13.2 Å². The largest absolute Gasteiger partial charge is 0.534 e. The molecule has 1 aromatic carbocycles. The molecule has 3 nitrogen and oxygen atoms in total. The number of alkyl halides is 3. The van der Waals surface area contributed by atoms with Gasteiger partial charge in [0.15, 0.2) is 0 Å². The summed E-state index contributed by atoms with van der Waals surface area (Å²) >= 11 is 0. The Morgan fingerprint density at radius 3 is 2.37 bits per heavy atom. The summed E-state index contributed by atoms with van der Waals surface area (Å²) in [5.41, 5.74) is -4.47. The van der Waals surface area contributed by atoms with Gasteiger partial charge in [0.25, 0.3) is 0 Å². The van der Waals surface area contributed by atoms with Gasteiger partial charge >= 0.3 is 15.6 Å². The monoisotopic (exact) mass is 292 g/mol. The van der Waals surface area contributed by atoms with E-state index in [2.05, 4.69) is 4.18 Å². The Morgan fingerprint density at radius 1 is 1.16 bits per heavy atom. The van der Waals surface area contributed by atoms with Crippen molar-refractivity contribution in [1.29, 1.82) is 0 Å². The second kappa shape index (κ2) is 4.88. The number of rotatable bonds is 3. The topological polar surface area (TPSA) is 43.4 Å². The fourth-order valence-corrected chi connectivity index (χ4v) is 2.42. The summed E-state index contributed by atoms with van der Waals surface area (Å²) in [6.07, 6.45) is 2.14. The smallest absolute Gasteiger partial charge is 0.381 e. The van der Waals surface area contributed by atoms with Crippen molar-refractivity contribution in [3.05, 3.63) is 47.7 Å². The van der Waals surface area contributed by atoms with Crippen molar-refractivity contribution >= 4 is 10.1 Å².